The van der Waals surface area contributed by atoms with Crippen LogP contribution in [0.1, 0.15) is 57.6 Å². The minimum Gasteiger partial charge on any atom is -0.434 e. The van der Waals surface area contributed by atoms with Gasteiger partial charge in [0.25, 0.3) is 5.91 Å². The molecule has 1 amide bonds. The average molecular weight is 451 g/mol. The molecule has 2 aliphatic rings. The molecule has 1 saturated carbocycles. The van der Waals surface area contributed by atoms with Crippen molar-refractivity contribution in [2.24, 2.45) is 0 Å². The van der Waals surface area contributed by atoms with Gasteiger partial charge in [-0.1, -0.05) is 38.4 Å². The smallest absolute Gasteiger partial charge is 0.419 e. The Morgan fingerprint density at radius 1 is 1.27 bits per heavy atom. The molecule has 1 unspecified atom stereocenters. The third-order valence-corrected chi connectivity index (χ3v) is 11.8. The Labute approximate surface area is 185 Å². The molecular formula is C22H31ClN2O4Si. The van der Waals surface area contributed by atoms with E-state index in [1.807, 2.05) is 6.92 Å². The van der Waals surface area contributed by atoms with Crippen LogP contribution in [0.3, 0.4) is 0 Å². The van der Waals surface area contributed by atoms with E-state index >= 15 is 0 Å². The van der Waals surface area contributed by atoms with Gasteiger partial charge in [0.1, 0.15) is 6.07 Å². The van der Waals surface area contributed by atoms with Crippen molar-refractivity contribution < 1.29 is 18.7 Å². The summed E-state index contributed by atoms with van der Waals surface area (Å²) in [5.74, 6) is -1.46. The van der Waals surface area contributed by atoms with Crippen LogP contribution in [-0.2, 0) is 13.9 Å². The maximum absolute atomic E-state index is 13.3. The third kappa shape index (κ3) is 3.25. The van der Waals surface area contributed by atoms with Gasteiger partial charge >= 0.3 is 6.09 Å². The average Bonchev–Trinajstić information content (AvgIpc) is 3.20. The number of amides is 1. The van der Waals surface area contributed by atoms with E-state index in [9.17, 15) is 10.1 Å². The molecule has 2 fully saturated rings. The normalized spacial score (nSPS) is 23.7. The number of rotatable bonds is 4. The quantitative estimate of drug-likeness (QED) is 0.408. The highest BCUT2D eigenvalue weighted by Crippen LogP contribution is 2.55. The van der Waals surface area contributed by atoms with Crippen LogP contribution in [0, 0.1) is 18.3 Å². The van der Waals surface area contributed by atoms with E-state index in [1.165, 1.54) is 4.90 Å². The van der Waals surface area contributed by atoms with Crippen LogP contribution in [0.5, 0.6) is 0 Å². The lowest BCUT2D eigenvalue weighted by Gasteiger charge is -2.49. The van der Waals surface area contributed by atoms with Crippen molar-refractivity contribution in [2.75, 3.05) is 12.0 Å². The van der Waals surface area contributed by atoms with E-state index in [0.29, 0.717) is 23.6 Å². The van der Waals surface area contributed by atoms with E-state index < -0.39 is 25.9 Å². The molecule has 3 rings (SSSR count). The summed E-state index contributed by atoms with van der Waals surface area (Å²) in [5.41, 5.74) is 0.387. The molecule has 1 aliphatic carbocycles. The maximum Gasteiger partial charge on any atom is 0.419 e. The lowest BCUT2D eigenvalue weighted by Crippen LogP contribution is -2.66. The van der Waals surface area contributed by atoms with Crippen LogP contribution >= 0.6 is 11.6 Å². The Hall–Kier alpha value is -1.59. The second-order valence-electron chi connectivity index (χ2n) is 9.76. The molecule has 1 heterocycles. The monoisotopic (exact) mass is 450 g/mol. The van der Waals surface area contributed by atoms with Gasteiger partial charge < -0.3 is 13.9 Å². The molecule has 1 spiro atoms. The molecule has 30 heavy (non-hydrogen) atoms. The summed E-state index contributed by atoms with van der Waals surface area (Å²) < 4.78 is 19.0. The largest absolute Gasteiger partial charge is 0.434 e. The summed E-state index contributed by atoms with van der Waals surface area (Å²) in [6, 6.07) is 5.66. The first kappa shape index (κ1) is 23.1. The number of carbonyl (C=O) groups excluding carboxylic acids is 1. The number of halogens is 1. The summed E-state index contributed by atoms with van der Waals surface area (Å²) in [7, 11) is -0.882. The SMILES string of the molecule is COC1(O[Si](C)(C)C(C)(C)C)N(c2ccc(C)c(Cl)c2C#N)C(=O)OC12CCCC2. The molecule has 0 radical (unpaired) electrons. The minimum absolute atomic E-state index is 0.126. The molecule has 164 valence electrons. The van der Waals surface area contributed by atoms with Gasteiger partial charge in [-0.25, -0.2) is 9.69 Å². The zero-order valence-electron chi connectivity index (χ0n) is 18.9. The number of nitriles is 1. The molecule has 1 saturated heterocycles. The Balaban J connectivity index is 2.27. The first-order chi connectivity index (χ1) is 13.9. The first-order valence-electron chi connectivity index (χ1n) is 10.3. The minimum atomic E-state index is -2.43. The summed E-state index contributed by atoms with van der Waals surface area (Å²) >= 11 is 6.44. The van der Waals surface area contributed by atoms with Crippen LogP contribution in [0.4, 0.5) is 10.5 Å². The van der Waals surface area contributed by atoms with E-state index in [-0.39, 0.29) is 10.6 Å². The van der Waals surface area contributed by atoms with Crippen molar-refractivity contribution in [3.05, 3.63) is 28.3 Å². The number of hydrogen-bond acceptors (Lipinski definition) is 5. The number of methoxy groups -OCH3 is 1. The van der Waals surface area contributed by atoms with Crippen LogP contribution in [-0.4, -0.2) is 33.0 Å². The zero-order chi connectivity index (χ0) is 22.5. The molecule has 6 nitrogen and oxygen atoms in total. The van der Waals surface area contributed by atoms with E-state index in [1.54, 1.807) is 19.2 Å². The summed E-state index contributed by atoms with van der Waals surface area (Å²) in [4.78, 5) is 14.7. The third-order valence-electron chi connectivity index (χ3n) is 6.89. The van der Waals surface area contributed by atoms with Gasteiger partial charge in [-0.15, -0.1) is 0 Å². The number of nitrogens with zero attached hydrogens (tertiary/aromatic N) is 2. The van der Waals surface area contributed by atoms with E-state index in [4.69, 9.17) is 25.5 Å². The van der Waals surface area contributed by atoms with Gasteiger partial charge in [0.15, 0.2) is 13.9 Å². The fourth-order valence-electron chi connectivity index (χ4n) is 4.14. The van der Waals surface area contributed by atoms with Crippen LogP contribution in [0.25, 0.3) is 0 Å². The predicted octanol–water partition coefficient (Wildman–Crippen LogP) is 6.11. The Morgan fingerprint density at radius 3 is 2.37 bits per heavy atom. The van der Waals surface area contributed by atoms with Crippen molar-refractivity contribution in [1.82, 2.24) is 0 Å². The highest BCUT2D eigenvalue weighted by atomic mass is 35.5. The fourth-order valence-corrected chi connectivity index (χ4v) is 5.70. The Kier molecular flexibility index (Phi) is 5.79. The Morgan fingerprint density at radius 2 is 1.87 bits per heavy atom. The number of benzene rings is 1. The zero-order valence-corrected chi connectivity index (χ0v) is 20.6. The van der Waals surface area contributed by atoms with Crippen molar-refractivity contribution in [2.45, 2.75) is 83.0 Å². The lowest BCUT2D eigenvalue weighted by molar-refractivity contribution is -0.242. The molecule has 8 heteroatoms. The van der Waals surface area contributed by atoms with Crippen molar-refractivity contribution in [3.63, 3.8) is 0 Å². The van der Waals surface area contributed by atoms with Crippen molar-refractivity contribution >= 4 is 31.7 Å². The Bertz CT molecular complexity index is 900. The first-order valence-corrected chi connectivity index (χ1v) is 13.6. The number of ether oxygens (including phenoxy) is 2. The van der Waals surface area contributed by atoms with Gasteiger partial charge in [0, 0.05) is 7.11 Å². The van der Waals surface area contributed by atoms with Crippen LogP contribution in [0.15, 0.2) is 12.1 Å². The number of hydrogen-bond donors (Lipinski definition) is 0. The molecule has 1 aliphatic heterocycles. The van der Waals surface area contributed by atoms with Crippen LogP contribution in [0.2, 0.25) is 23.2 Å². The molecule has 0 N–H and O–H groups in total. The highest BCUT2D eigenvalue weighted by Gasteiger charge is 2.71. The van der Waals surface area contributed by atoms with Gasteiger partial charge in [0.05, 0.1) is 16.3 Å². The molecular weight excluding hydrogens is 420 g/mol. The van der Waals surface area contributed by atoms with Crippen molar-refractivity contribution in [3.8, 4) is 6.07 Å². The van der Waals surface area contributed by atoms with Gasteiger partial charge in [-0.2, -0.15) is 5.26 Å². The standard InChI is InChI=1S/C22H31ClN2O4Si/c1-15-10-11-17(16(14-24)18(15)23)25-19(26)28-21(12-8-9-13-21)22(25,27-5)29-30(6,7)20(2,3)4/h10-11H,8-9,12-13H2,1-7H3. The molecule has 1 aromatic carbocycles. The molecule has 1 atom stereocenters. The highest BCUT2D eigenvalue weighted by molar-refractivity contribution is 6.74. The second-order valence-corrected chi connectivity index (χ2v) is 14.9. The maximum atomic E-state index is 13.3. The summed E-state index contributed by atoms with van der Waals surface area (Å²) in [5, 5.41) is 10.0. The van der Waals surface area contributed by atoms with Crippen molar-refractivity contribution in [1.29, 1.82) is 5.26 Å². The fraction of sp³-hybridized carbons (Fsp3) is 0.636. The summed E-state index contributed by atoms with van der Waals surface area (Å²) in [6.07, 6.45) is 2.52. The molecule has 0 bridgehead atoms. The number of aryl methyl sites for hydroxylation is 1. The van der Waals surface area contributed by atoms with E-state index in [0.717, 1.165) is 18.4 Å². The molecule has 0 aromatic heterocycles. The second kappa shape index (κ2) is 7.52. The topological polar surface area (TPSA) is 71.8 Å². The van der Waals surface area contributed by atoms with Crippen LogP contribution < -0.4 is 4.90 Å². The number of anilines is 1. The number of carbonyl (C=O) groups is 1. The van der Waals surface area contributed by atoms with Gasteiger partial charge in [-0.05, 0) is 62.4 Å². The predicted molar refractivity (Wildman–Crippen MR) is 119 cm³/mol. The van der Waals surface area contributed by atoms with Gasteiger partial charge in [0.2, 0.25) is 0 Å². The van der Waals surface area contributed by atoms with E-state index in [2.05, 4.69) is 39.9 Å². The summed E-state index contributed by atoms with van der Waals surface area (Å²) in [6.45, 7) is 12.5. The molecule has 1 aromatic rings. The van der Waals surface area contributed by atoms with Gasteiger partial charge in [-0.3, -0.25) is 0 Å². The lowest BCUT2D eigenvalue weighted by atomic mass is 9.96.